The molecule has 1 amide bonds. The molecule has 0 radical (unpaired) electrons. The number of dihydropyridines is 1. The Morgan fingerprint density at radius 3 is 2.75 bits per heavy atom. The van der Waals surface area contributed by atoms with Gasteiger partial charge in [0, 0.05) is 11.9 Å². The lowest BCUT2D eigenvalue weighted by Crippen LogP contribution is -2.37. The van der Waals surface area contributed by atoms with Gasteiger partial charge in [0.15, 0.2) is 6.04 Å². The number of nitrogens with one attached hydrogen (secondary N) is 1. The van der Waals surface area contributed by atoms with Crippen LogP contribution in [-0.2, 0) is 11.0 Å². The van der Waals surface area contributed by atoms with Crippen LogP contribution >= 0.6 is 0 Å². The maximum Gasteiger partial charge on any atom is 0.416 e. The minimum absolute atomic E-state index is 0.00165. The van der Waals surface area contributed by atoms with Crippen LogP contribution in [0.15, 0.2) is 41.4 Å². The quantitative estimate of drug-likeness (QED) is 0.872. The standard InChI is InChI=1S/C13H11F3N2O2/c14-13(15,16)8-3-1-4-9(7-8)18-12(20)11-10(19)5-2-6-17-11/h1-7,10-11,19H,(H,18,20). The van der Waals surface area contributed by atoms with Crippen molar-refractivity contribution in [3.05, 3.63) is 42.0 Å². The van der Waals surface area contributed by atoms with Gasteiger partial charge in [-0.2, -0.15) is 13.2 Å². The fraction of sp³-hybridized carbons (Fsp3) is 0.231. The first-order valence-corrected chi connectivity index (χ1v) is 5.74. The van der Waals surface area contributed by atoms with Crippen LogP contribution in [0.4, 0.5) is 18.9 Å². The smallest absolute Gasteiger partial charge is 0.386 e. The molecular weight excluding hydrogens is 273 g/mol. The summed E-state index contributed by atoms with van der Waals surface area (Å²) < 4.78 is 37.6. The van der Waals surface area contributed by atoms with Gasteiger partial charge >= 0.3 is 6.18 Å². The molecule has 1 aliphatic heterocycles. The first-order valence-electron chi connectivity index (χ1n) is 5.74. The van der Waals surface area contributed by atoms with E-state index in [9.17, 15) is 23.1 Å². The normalized spacial score (nSPS) is 21.8. The summed E-state index contributed by atoms with van der Waals surface area (Å²) in [5, 5.41) is 11.9. The fourth-order valence-electron chi connectivity index (χ4n) is 1.71. The first kappa shape index (κ1) is 14.3. The van der Waals surface area contributed by atoms with E-state index in [0.29, 0.717) is 0 Å². The number of hydrogen-bond acceptors (Lipinski definition) is 3. The minimum Gasteiger partial charge on any atom is -0.386 e. The average Bonchev–Trinajstić information content (AvgIpc) is 2.38. The van der Waals surface area contributed by atoms with Crippen LogP contribution in [0.25, 0.3) is 0 Å². The van der Waals surface area contributed by atoms with Gasteiger partial charge in [-0.3, -0.25) is 9.79 Å². The van der Waals surface area contributed by atoms with Crippen molar-refractivity contribution in [1.82, 2.24) is 0 Å². The number of hydrogen-bond donors (Lipinski definition) is 2. The van der Waals surface area contributed by atoms with Crippen molar-refractivity contribution in [3.8, 4) is 0 Å². The zero-order chi connectivity index (χ0) is 14.8. The van der Waals surface area contributed by atoms with E-state index in [2.05, 4.69) is 10.3 Å². The Hall–Kier alpha value is -2.15. The summed E-state index contributed by atoms with van der Waals surface area (Å²) in [4.78, 5) is 15.6. The van der Waals surface area contributed by atoms with Crippen LogP contribution < -0.4 is 5.32 Å². The molecule has 1 aromatic carbocycles. The predicted molar refractivity (Wildman–Crippen MR) is 67.5 cm³/mol. The monoisotopic (exact) mass is 284 g/mol. The Balaban J connectivity index is 2.12. The number of carbonyl (C=O) groups is 1. The number of benzene rings is 1. The zero-order valence-electron chi connectivity index (χ0n) is 10.1. The topological polar surface area (TPSA) is 61.7 Å². The molecule has 0 fully saturated rings. The number of allylic oxidation sites excluding steroid dienone is 1. The van der Waals surface area contributed by atoms with Gasteiger partial charge in [-0.25, -0.2) is 0 Å². The SMILES string of the molecule is O=C(Nc1cccc(C(F)(F)F)c1)C1N=CC=CC1O. The van der Waals surface area contributed by atoms with Crippen LogP contribution in [-0.4, -0.2) is 29.4 Å². The summed E-state index contributed by atoms with van der Waals surface area (Å²) in [7, 11) is 0. The van der Waals surface area contributed by atoms with Crippen molar-refractivity contribution in [3.63, 3.8) is 0 Å². The molecule has 0 aliphatic carbocycles. The molecule has 2 rings (SSSR count). The summed E-state index contributed by atoms with van der Waals surface area (Å²) in [6.45, 7) is 0. The molecule has 0 spiro atoms. The third kappa shape index (κ3) is 3.24. The molecule has 0 bridgehead atoms. The summed E-state index contributed by atoms with van der Waals surface area (Å²) in [6, 6.07) is 3.20. The molecule has 106 valence electrons. The Bertz CT molecular complexity index is 567. The number of anilines is 1. The van der Waals surface area contributed by atoms with Crippen molar-refractivity contribution in [2.24, 2.45) is 4.99 Å². The molecule has 1 heterocycles. The van der Waals surface area contributed by atoms with Crippen molar-refractivity contribution in [2.45, 2.75) is 18.3 Å². The molecule has 0 saturated carbocycles. The highest BCUT2D eigenvalue weighted by atomic mass is 19.4. The van der Waals surface area contributed by atoms with E-state index in [4.69, 9.17) is 0 Å². The van der Waals surface area contributed by atoms with Gasteiger partial charge < -0.3 is 10.4 Å². The van der Waals surface area contributed by atoms with Gasteiger partial charge in [-0.15, -0.1) is 0 Å². The van der Waals surface area contributed by atoms with E-state index in [-0.39, 0.29) is 5.69 Å². The summed E-state index contributed by atoms with van der Waals surface area (Å²) >= 11 is 0. The number of alkyl halides is 3. The van der Waals surface area contributed by atoms with Crippen LogP contribution in [0, 0.1) is 0 Å². The average molecular weight is 284 g/mol. The molecule has 1 aromatic rings. The van der Waals surface area contributed by atoms with Gasteiger partial charge in [0.1, 0.15) is 6.10 Å². The van der Waals surface area contributed by atoms with Crippen LogP contribution in [0.2, 0.25) is 0 Å². The number of rotatable bonds is 2. The largest absolute Gasteiger partial charge is 0.416 e. The van der Waals surface area contributed by atoms with E-state index < -0.39 is 29.8 Å². The summed E-state index contributed by atoms with van der Waals surface area (Å²) in [6.07, 6.45) is -1.36. The number of aliphatic hydroxyl groups excluding tert-OH is 1. The molecular formula is C13H11F3N2O2. The second kappa shape index (κ2) is 5.46. The Morgan fingerprint density at radius 1 is 1.35 bits per heavy atom. The number of nitrogens with zero attached hydrogens (tertiary/aromatic N) is 1. The maximum absolute atomic E-state index is 12.5. The molecule has 4 nitrogen and oxygen atoms in total. The highest BCUT2D eigenvalue weighted by Crippen LogP contribution is 2.30. The van der Waals surface area contributed by atoms with Crippen LogP contribution in [0.3, 0.4) is 0 Å². The van der Waals surface area contributed by atoms with E-state index >= 15 is 0 Å². The van der Waals surface area contributed by atoms with E-state index in [1.807, 2.05) is 0 Å². The molecule has 20 heavy (non-hydrogen) atoms. The molecule has 0 aromatic heterocycles. The van der Waals surface area contributed by atoms with Gasteiger partial charge in [0.2, 0.25) is 0 Å². The number of carbonyl (C=O) groups excluding carboxylic acids is 1. The van der Waals surface area contributed by atoms with Gasteiger partial charge in [-0.05, 0) is 24.3 Å². The fourth-order valence-corrected chi connectivity index (χ4v) is 1.71. The molecule has 7 heteroatoms. The lowest BCUT2D eigenvalue weighted by molar-refractivity contribution is -0.137. The lowest BCUT2D eigenvalue weighted by atomic mass is 10.1. The Morgan fingerprint density at radius 2 is 2.10 bits per heavy atom. The molecule has 1 aliphatic rings. The highest BCUT2D eigenvalue weighted by Gasteiger charge is 2.31. The number of aliphatic imine (C=N–C) groups is 1. The molecule has 2 unspecified atom stereocenters. The summed E-state index contributed by atoms with van der Waals surface area (Å²) in [5.41, 5.74) is -0.857. The molecule has 0 saturated heterocycles. The number of amides is 1. The zero-order valence-corrected chi connectivity index (χ0v) is 10.1. The van der Waals surface area contributed by atoms with Crippen molar-refractivity contribution in [2.75, 3.05) is 5.32 Å². The van der Waals surface area contributed by atoms with E-state index in [1.54, 1.807) is 0 Å². The van der Waals surface area contributed by atoms with Crippen molar-refractivity contribution >= 4 is 17.8 Å². The third-order valence-electron chi connectivity index (χ3n) is 2.69. The van der Waals surface area contributed by atoms with Crippen LogP contribution in [0.1, 0.15) is 5.56 Å². The highest BCUT2D eigenvalue weighted by molar-refractivity contribution is 5.97. The Kier molecular flexibility index (Phi) is 3.89. The van der Waals surface area contributed by atoms with Crippen molar-refractivity contribution < 1.29 is 23.1 Å². The molecule has 2 atom stereocenters. The second-order valence-corrected chi connectivity index (χ2v) is 4.19. The van der Waals surface area contributed by atoms with Gasteiger partial charge in [0.05, 0.1) is 5.56 Å². The van der Waals surface area contributed by atoms with Gasteiger partial charge in [0.25, 0.3) is 5.91 Å². The van der Waals surface area contributed by atoms with E-state index in [0.717, 1.165) is 12.1 Å². The van der Waals surface area contributed by atoms with E-state index in [1.165, 1.54) is 30.5 Å². The van der Waals surface area contributed by atoms with Gasteiger partial charge in [-0.1, -0.05) is 12.1 Å². The number of halogens is 3. The molecule has 2 N–H and O–H groups in total. The first-order chi connectivity index (χ1) is 9.38. The predicted octanol–water partition coefficient (Wildman–Crippen LogP) is 2.01. The second-order valence-electron chi connectivity index (χ2n) is 4.19. The minimum atomic E-state index is -4.48. The number of aliphatic hydroxyl groups is 1. The third-order valence-corrected chi connectivity index (χ3v) is 2.69. The lowest BCUT2D eigenvalue weighted by Gasteiger charge is -2.18. The van der Waals surface area contributed by atoms with Crippen molar-refractivity contribution in [1.29, 1.82) is 0 Å². The summed E-state index contributed by atoms with van der Waals surface area (Å²) in [5.74, 6) is -0.669. The van der Waals surface area contributed by atoms with Crippen LogP contribution in [0.5, 0.6) is 0 Å². The maximum atomic E-state index is 12.5. The Labute approximate surface area is 112 Å².